The van der Waals surface area contributed by atoms with Gasteiger partial charge in [-0.1, -0.05) is 12.1 Å². The van der Waals surface area contributed by atoms with Gasteiger partial charge in [-0.25, -0.2) is 4.98 Å². The summed E-state index contributed by atoms with van der Waals surface area (Å²) in [5, 5.41) is 3.46. The van der Waals surface area contributed by atoms with Crippen LogP contribution in [0.15, 0.2) is 41.1 Å². The van der Waals surface area contributed by atoms with Gasteiger partial charge in [0.2, 0.25) is 5.89 Å². The highest BCUT2D eigenvalue weighted by molar-refractivity contribution is 5.53. The summed E-state index contributed by atoms with van der Waals surface area (Å²) in [5.41, 5.74) is 2.37. The molecule has 0 bridgehead atoms. The Hall–Kier alpha value is -1.61. The molecular formula is C14H18N2O. The quantitative estimate of drug-likeness (QED) is 0.879. The second-order valence-electron chi connectivity index (χ2n) is 5.14. The number of hydrogen-bond acceptors (Lipinski definition) is 3. The third-order valence-corrected chi connectivity index (χ3v) is 2.43. The van der Waals surface area contributed by atoms with Crippen LogP contribution in [0.2, 0.25) is 0 Å². The van der Waals surface area contributed by atoms with Crippen LogP contribution in [0, 0.1) is 0 Å². The lowest BCUT2D eigenvalue weighted by Crippen LogP contribution is -2.35. The Bertz CT molecular complexity index is 469. The van der Waals surface area contributed by atoms with E-state index in [1.807, 2.05) is 12.1 Å². The highest BCUT2D eigenvalue weighted by atomic mass is 16.3. The molecule has 0 unspecified atom stereocenters. The molecule has 1 aromatic carbocycles. The Morgan fingerprint density at radius 3 is 2.76 bits per heavy atom. The van der Waals surface area contributed by atoms with E-state index >= 15 is 0 Å². The Kier molecular flexibility index (Phi) is 3.29. The molecule has 0 saturated carbocycles. The zero-order valence-corrected chi connectivity index (χ0v) is 10.5. The van der Waals surface area contributed by atoms with Crippen LogP contribution in [0.3, 0.4) is 0 Å². The fraction of sp³-hybridized carbons (Fsp3) is 0.357. The first-order valence-corrected chi connectivity index (χ1v) is 5.78. The lowest BCUT2D eigenvalue weighted by molar-refractivity contribution is 0.424. The lowest BCUT2D eigenvalue weighted by Gasteiger charge is -2.20. The van der Waals surface area contributed by atoms with Crippen LogP contribution in [-0.4, -0.2) is 10.5 Å². The van der Waals surface area contributed by atoms with Crippen LogP contribution < -0.4 is 5.32 Å². The molecule has 1 heterocycles. The van der Waals surface area contributed by atoms with Crippen molar-refractivity contribution in [1.29, 1.82) is 0 Å². The predicted octanol–water partition coefficient (Wildman–Crippen LogP) is 3.23. The smallest absolute Gasteiger partial charge is 0.225 e. The van der Waals surface area contributed by atoms with Crippen LogP contribution in [0.5, 0.6) is 0 Å². The maximum atomic E-state index is 5.29. The molecule has 0 saturated heterocycles. The molecule has 0 radical (unpaired) electrons. The van der Waals surface area contributed by atoms with E-state index in [4.69, 9.17) is 4.42 Å². The number of oxazole rings is 1. The zero-order chi connectivity index (χ0) is 12.3. The molecule has 3 nitrogen and oxygen atoms in total. The number of nitrogens with zero attached hydrogens (tertiary/aromatic N) is 1. The molecule has 1 N–H and O–H groups in total. The standard InChI is InChI=1S/C14H18N2O/c1-14(2,3)16-10-11-5-4-6-12(9-11)13-15-7-8-17-13/h4-9,16H,10H2,1-3H3. The van der Waals surface area contributed by atoms with Gasteiger partial charge in [0.1, 0.15) is 6.26 Å². The molecule has 2 aromatic rings. The van der Waals surface area contributed by atoms with Crippen molar-refractivity contribution in [3.8, 4) is 11.5 Å². The molecule has 0 fully saturated rings. The molecule has 17 heavy (non-hydrogen) atoms. The van der Waals surface area contributed by atoms with Gasteiger partial charge in [0.15, 0.2) is 0 Å². The Morgan fingerprint density at radius 1 is 1.29 bits per heavy atom. The van der Waals surface area contributed by atoms with E-state index in [1.165, 1.54) is 5.56 Å². The number of hydrogen-bond donors (Lipinski definition) is 1. The second kappa shape index (κ2) is 4.72. The van der Waals surface area contributed by atoms with Crippen molar-refractivity contribution in [3.05, 3.63) is 42.3 Å². The van der Waals surface area contributed by atoms with Gasteiger partial charge >= 0.3 is 0 Å². The van der Waals surface area contributed by atoms with Crippen LogP contribution in [0.1, 0.15) is 26.3 Å². The third-order valence-electron chi connectivity index (χ3n) is 2.43. The first-order valence-electron chi connectivity index (χ1n) is 5.78. The van der Waals surface area contributed by atoms with Crippen molar-refractivity contribution in [2.75, 3.05) is 0 Å². The summed E-state index contributed by atoms with van der Waals surface area (Å²) in [6, 6.07) is 8.24. The van der Waals surface area contributed by atoms with E-state index in [2.05, 4.69) is 43.2 Å². The predicted molar refractivity (Wildman–Crippen MR) is 68.5 cm³/mol. The van der Waals surface area contributed by atoms with E-state index in [9.17, 15) is 0 Å². The molecule has 0 aliphatic carbocycles. The summed E-state index contributed by atoms with van der Waals surface area (Å²) in [4.78, 5) is 4.15. The average molecular weight is 230 g/mol. The number of aromatic nitrogens is 1. The maximum absolute atomic E-state index is 5.29. The van der Waals surface area contributed by atoms with Crippen LogP contribution >= 0.6 is 0 Å². The van der Waals surface area contributed by atoms with Crippen molar-refractivity contribution in [3.63, 3.8) is 0 Å². The van der Waals surface area contributed by atoms with Crippen LogP contribution in [0.25, 0.3) is 11.5 Å². The normalized spacial score (nSPS) is 11.7. The van der Waals surface area contributed by atoms with Gasteiger partial charge in [0, 0.05) is 17.6 Å². The second-order valence-corrected chi connectivity index (χ2v) is 5.14. The Balaban J connectivity index is 2.12. The minimum absolute atomic E-state index is 0.124. The highest BCUT2D eigenvalue weighted by Crippen LogP contribution is 2.18. The van der Waals surface area contributed by atoms with Crippen molar-refractivity contribution in [1.82, 2.24) is 10.3 Å². The lowest BCUT2D eigenvalue weighted by atomic mass is 10.1. The van der Waals surface area contributed by atoms with Crippen molar-refractivity contribution in [2.45, 2.75) is 32.9 Å². The largest absolute Gasteiger partial charge is 0.445 e. The maximum Gasteiger partial charge on any atom is 0.225 e. The summed E-state index contributed by atoms with van der Waals surface area (Å²) in [5.74, 6) is 0.669. The van der Waals surface area contributed by atoms with E-state index in [0.29, 0.717) is 5.89 Å². The molecule has 0 amide bonds. The molecule has 0 atom stereocenters. The number of nitrogens with one attached hydrogen (secondary N) is 1. The molecule has 0 aliphatic heterocycles. The average Bonchev–Trinajstić information content (AvgIpc) is 2.79. The van der Waals surface area contributed by atoms with Gasteiger partial charge in [0.25, 0.3) is 0 Å². The summed E-state index contributed by atoms with van der Waals surface area (Å²) in [7, 11) is 0. The molecular weight excluding hydrogens is 212 g/mol. The van der Waals surface area contributed by atoms with Crippen molar-refractivity contribution < 1.29 is 4.42 Å². The fourth-order valence-electron chi connectivity index (χ4n) is 1.55. The van der Waals surface area contributed by atoms with E-state index in [1.54, 1.807) is 12.5 Å². The summed E-state index contributed by atoms with van der Waals surface area (Å²) >= 11 is 0. The summed E-state index contributed by atoms with van der Waals surface area (Å²) < 4.78 is 5.29. The minimum atomic E-state index is 0.124. The monoisotopic (exact) mass is 230 g/mol. The van der Waals surface area contributed by atoms with Gasteiger partial charge in [-0.2, -0.15) is 0 Å². The van der Waals surface area contributed by atoms with Gasteiger partial charge < -0.3 is 9.73 Å². The van der Waals surface area contributed by atoms with E-state index < -0.39 is 0 Å². The minimum Gasteiger partial charge on any atom is -0.445 e. The molecule has 1 aromatic heterocycles. The van der Waals surface area contributed by atoms with Gasteiger partial charge in [0.05, 0.1) is 6.20 Å². The van der Waals surface area contributed by atoms with Gasteiger partial charge in [-0.05, 0) is 38.5 Å². The third kappa shape index (κ3) is 3.43. The SMILES string of the molecule is CC(C)(C)NCc1cccc(-c2ncco2)c1. The van der Waals surface area contributed by atoms with Crippen LogP contribution in [-0.2, 0) is 6.54 Å². The molecule has 3 heteroatoms. The van der Waals surface area contributed by atoms with Crippen molar-refractivity contribution in [2.24, 2.45) is 0 Å². The molecule has 0 aliphatic rings. The fourth-order valence-corrected chi connectivity index (χ4v) is 1.55. The number of rotatable bonds is 3. The van der Waals surface area contributed by atoms with Gasteiger partial charge in [-0.3, -0.25) is 0 Å². The first-order chi connectivity index (χ1) is 8.04. The summed E-state index contributed by atoms with van der Waals surface area (Å²) in [6.07, 6.45) is 3.25. The molecule has 90 valence electrons. The number of benzene rings is 1. The Labute approximate surface area is 102 Å². The van der Waals surface area contributed by atoms with E-state index in [-0.39, 0.29) is 5.54 Å². The molecule has 0 spiro atoms. The van der Waals surface area contributed by atoms with Crippen molar-refractivity contribution >= 4 is 0 Å². The van der Waals surface area contributed by atoms with E-state index in [0.717, 1.165) is 12.1 Å². The van der Waals surface area contributed by atoms with Gasteiger partial charge in [-0.15, -0.1) is 0 Å². The topological polar surface area (TPSA) is 38.1 Å². The summed E-state index contributed by atoms with van der Waals surface area (Å²) in [6.45, 7) is 7.32. The first kappa shape index (κ1) is 11.9. The van der Waals surface area contributed by atoms with Crippen LogP contribution in [0.4, 0.5) is 0 Å². The zero-order valence-electron chi connectivity index (χ0n) is 10.5. The highest BCUT2D eigenvalue weighted by Gasteiger charge is 2.09. The molecule has 2 rings (SSSR count). The Morgan fingerprint density at radius 2 is 2.12 bits per heavy atom.